The molecule has 0 bridgehead atoms. The fourth-order valence-electron chi connectivity index (χ4n) is 2.93. The van der Waals surface area contributed by atoms with Crippen LogP contribution in [0.25, 0.3) is 5.57 Å². The van der Waals surface area contributed by atoms with E-state index in [-0.39, 0.29) is 5.54 Å². The van der Waals surface area contributed by atoms with Gasteiger partial charge in [0, 0.05) is 28.1 Å². The first kappa shape index (κ1) is 16.2. The Labute approximate surface area is 152 Å². The number of benzene rings is 2. The highest BCUT2D eigenvalue weighted by molar-refractivity contribution is 14.1. The van der Waals surface area contributed by atoms with E-state index in [4.69, 9.17) is 0 Å². The summed E-state index contributed by atoms with van der Waals surface area (Å²) in [4.78, 5) is 6.91. The van der Waals surface area contributed by atoms with Gasteiger partial charge in [-0.05, 0) is 90.9 Å². The number of aliphatic imine (C=N–C) groups is 1. The molecule has 118 valence electrons. The van der Waals surface area contributed by atoms with Crippen molar-refractivity contribution < 1.29 is 0 Å². The van der Waals surface area contributed by atoms with Crippen LogP contribution in [0, 0.1) is 3.57 Å². The highest BCUT2D eigenvalue weighted by Crippen LogP contribution is 2.37. The first-order chi connectivity index (χ1) is 10.9. The molecule has 3 rings (SSSR count). The van der Waals surface area contributed by atoms with Gasteiger partial charge in [0.25, 0.3) is 0 Å². The van der Waals surface area contributed by atoms with Crippen LogP contribution in [0.3, 0.4) is 0 Å². The number of likely N-dealkylation sites (N-methyl/N-ethyl adjacent to an activating group) is 1. The molecule has 0 N–H and O–H groups in total. The molecule has 0 unspecified atom stereocenters. The van der Waals surface area contributed by atoms with Crippen molar-refractivity contribution >= 4 is 45.8 Å². The Morgan fingerprint density at radius 2 is 1.78 bits per heavy atom. The minimum Gasteiger partial charge on any atom is -0.366 e. The molecule has 0 spiro atoms. The van der Waals surface area contributed by atoms with E-state index in [0.29, 0.717) is 0 Å². The molecule has 2 aromatic carbocycles. The van der Waals surface area contributed by atoms with Gasteiger partial charge < -0.3 is 4.90 Å². The molecule has 0 aromatic heterocycles. The molecule has 1 aliphatic rings. The third kappa shape index (κ3) is 3.34. The molecule has 0 aliphatic carbocycles. The summed E-state index contributed by atoms with van der Waals surface area (Å²) in [5.41, 5.74) is 6.05. The maximum atomic E-state index is 4.58. The molecule has 0 atom stereocenters. The number of fused-ring (bicyclic) bond motifs is 1. The largest absolute Gasteiger partial charge is 0.366 e. The second-order valence-corrected chi connectivity index (χ2v) is 7.80. The summed E-state index contributed by atoms with van der Waals surface area (Å²) in [7, 11) is 2.15. The Kier molecular flexibility index (Phi) is 4.32. The van der Waals surface area contributed by atoms with Gasteiger partial charge in [-0.3, -0.25) is 4.99 Å². The second-order valence-electron chi connectivity index (χ2n) is 6.55. The van der Waals surface area contributed by atoms with E-state index in [1.54, 1.807) is 0 Å². The van der Waals surface area contributed by atoms with Gasteiger partial charge in [0.05, 0.1) is 11.2 Å². The normalized spacial score (nSPS) is 16.4. The zero-order valence-electron chi connectivity index (χ0n) is 14.0. The highest BCUT2D eigenvalue weighted by Gasteiger charge is 2.28. The predicted octanol–water partition coefficient (Wildman–Crippen LogP) is 5.67. The first-order valence-corrected chi connectivity index (χ1v) is 8.82. The van der Waals surface area contributed by atoms with E-state index in [2.05, 4.69) is 96.7 Å². The summed E-state index contributed by atoms with van der Waals surface area (Å²) < 4.78 is 1.22. The molecule has 1 aliphatic heterocycles. The number of hydrogen-bond acceptors (Lipinski definition) is 2. The number of rotatable bonds is 2. The van der Waals surface area contributed by atoms with Crippen molar-refractivity contribution in [3.63, 3.8) is 0 Å². The van der Waals surface area contributed by atoms with Gasteiger partial charge in [0.2, 0.25) is 0 Å². The van der Waals surface area contributed by atoms with Gasteiger partial charge in [0.1, 0.15) is 0 Å². The third-order valence-electron chi connectivity index (χ3n) is 4.43. The van der Waals surface area contributed by atoms with Crippen molar-refractivity contribution in [2.45, 2.75) is 26.3 Å². The van der Waals surface area contributed by atoms with Gasteiger partial charge in [-0.15, -0.1) is 0 Å². The summed E-state index contributed by atoms with van der Waals surface area (Å²) in [6.45, 7) is 6.67. The topological polar surface area (TPSA) is 15.6 Å². The van der Waals surface area contributed by atoms with Crippen molar-refractivity contribution in [1.82, 2.24) is 0 Å². The SMILES string of the molecule is CC1=CC(C)(C)N(C)c2ccc(C=Nc3ccc(I)cc3)cc21. The number of allylic oxidation sites excluding steroid dienone is 1. The number of nitrogens with zero attached hydrogens (tertiary/aromatic N) is 2. The molecule has 0 fully saturated rings. The minimum absolute atomic E-state index is 0.0495. The lowest BCUT2D eigenvalue weighted by Crippen LogP contribution is -2.42. The average Bonchev–Trinajstić information content (AvgIpc) is 2.52. The molecule has 0 radical (unpaired) electrons. The summed E-state index contributed by atoms with van der Waals surface area (Å²) >= 11 is 2.30. The standard InChI is InChI=1S/C20H21IN2/c1-14-12-20(2,3)23(4)19-10-5-15(11-18(14)19)13-22-17-8-6-16(21)7-9-17/h5-13H,1-4H3. The van der Waals surface area contributed by atoms with E-state index in [1.165, 1.54) is 20.4 Å². The Morgan fingerprint density at radius 1 is 1.09 bits per heavy atom. The lowest BCUT2D eigenvalue weighted by Gasteiger charge is -2.40. The van der Waals surface area contributed by atoms with E-state index in [1.807, 2.05) is 18.3 Å². The van der Waals surface area contributed by atoms with Crippen LogP contribution in [0.5, 0.6) is 0 Å². The average molecular weight is 416 g/mol. The maximum absolute atomic E-state index is 4.58. The van der Waals surface area contributed by atoms with Crippen molar-refractivity contribution in [2.75, 3.05) is 11.9 Å². The molecule has 2 aromatic rings. The molecule has 3 heteroatoms. The Hall–Kier alpha value is -1.62. The van der Waals surface area contributed by atoms with Crippen molar-refractivity contribution in [2.24, 2.45) is 4.99 Å². The maximum Gasteiger partial charge on any atom is 0.0630 e. The Morgan fingerprint density at radius 3 is 2.48 bits per heavy atom. The first-order valence-electron chi connectivity index (χ1n) is 7.74. The smallest absolute Gasteiger partial charge is 0.0630 e. The van der Waals surface area contributed by atoms with Crippen LogP contribution in [0.4, 0.5) is 11.4 Å². The predicted molar refractivity (Wildman–Crippen MR) is 109 cm³/mol. The molecular weight excluding hydrogens is 395 g/mol. The fourth-order valence-corrected chi connectivity index (χ4v) is 3.29. The van der Waals surface area contributed by atoms with Crippen LogP contribution in [0.15, 0.2) is 53.5 Å². The zero-order valence-corrected chi connectivity index (χ0v) is 16.1. The number of halogens is 1. The van der Waals surface area contributed by atoms with Crippen LogP contribution >= 0.6 is 22.6 Å². The van der Waals surface area contributed by atoms with Crippen LogP contribution in [0.1, 0.15) is 31.9 Å². The fraction of sp³-hybridized carbons (Fsp3) is 0.250. The number of hydrogen-bond donors (Lipinski definition) is 0. The number of anilines is 1. The zero-order chi connectivity index (χ0) is 16.6. The highest BCUT2D eigenvalue weighted by atomic mass is 127. The monoisotopic (exact) mass is 416 g/mol. The van der Waals surface area contributed by atoms with Crippen molar-refractivity contribution in [3.8, 4) is 0 Å². The minimum atomic E-state index is 0.0495. The quantitative estimate of drug-likeness (QED) is 0.455. The second kappa shape index (κ2) is 6.11. The lowest BCUT2D eigenvalue weighted by atomic mass is 9.89. The van der Waals surface area contributed by atoms with E-state index < -0.39 is 0 Å². The van der Waals surface area contributed by atoms with E-state index >= 15 is 0 Å². The van der Waals surface area contributed by atoms with E-state index in [0.717, 1.165) is 11.3 Å². The summed E-state index contributed by atoms with van der Waals surface area (Å²) in [5.74, 6) is 0. The summed E-state index contributed by atoms with van der Waals surface area (Å²) in [6.07, 6.45) is 4.27. The van der Waals surface area contributed by atoms with Crippen LogP contribution in [0.2, 0.25) is 0 Å². The van der Waals surface area contributed by atoms with Crippen molar-refractivity contribution in [1.29, 1.82) is 0 Å². The van der Waals surface area contributed by atoms with Crippen LogP contribution in [-0.4, -0.2) is 18.8 Å². The molecule has 23 heavy (non-hydrogen) atoms. The van der Waals surface area contributed by atoms with Gasteiger partial charge in [-0.2, -0.15) is 0 Å². The Balaban J connectivity index is 1.93. The van der Waals surface area contributed by atoms with Gasteiger partial charge in [-0.25, -0.2) is 0 Å². The summed E-state index contributed by atoms with van der Waals surface area (Å²) in [5, 5.41) is 0. The van der Waals surface area contributed by atoms with E-state index in [9.17, 15) is 0 Å². The van der Waals surface area contributed by atoms with Gasteiger partial charge in [0.15, 0.2) is 0 Å². The molecule has 0 amide bonds. The molecule has 0 saturated heterocycles. The van der Waals surface area contributed by atoms with Gasteiger partial charge in [-0.1, -0.05) is 12.1 Å². The molecular formula is C20H21IN2. The summed E-state index contributed by atoms with van der Waals surface area (Å²) in [6, 6.07) is 14.8. The van der Waals surface area contributed by atoms with Crippen molar-refractivity contribution in [3.05, 3.63) is 63.2 Å². The lowest BCUT2D eigenvalue weighted by molar-refractivity contribution is 0.598. The Bertz CT molecular complexity index is 786. The third-order valence-corrected chi connectivity index (χ3v) is 5.15. The molecule has 0 saturated carbocycles. The van der Waals surface area contributed by atoms with Crippen LogP contribution < -0.4 is 4.90 Å². The molecule has 1 heterocycles. The van der Waals surface area contributed by atoms with Crippen LogP contribution in [-0.2, 0) is 0 Å². The van der Waals surface area contributed by atoms with Gasteiger partial charge >= 0.3 is 0 Å². The molecule has 2 nitrogen and oxygen atoms in total.